The molecule has 14 heavy (non-hydrogen) atoms. The summed E-state index contributed by atoms with van der Waals surface area (Å²) in [5.74, 6) is -0.327. The van der Waals surface area contributed by atoms with E-state index in [4.69, 9.17) is 15.6 Å². The molecule has 2 N–H and O–H groups in total. The van der Waals surface area contributed by atoms with Gasteiger partial charge in [0, 0.05) is 5.56 Å². The number of nitriles is 2. The van der Waals surface area contributed by atoms with Crippen LogP contribution in [0.1, 0.15) is 5.56 Å². The molecule has 1 aromatic rings. The van der Waals surface area contributed by atoms with Gasteiger partial charge in [0.1, 0.15) is 17.9 Å². The fourth-order valence-corrected chi connectivity index (χ4v) is 0.895. The van der Waals surface area contributed by atoms with Crippen molar-refractivity contribution in [2.24, 2.45) is 0 Å². The maximum Gasteiger partial charge on any atom is 0.171 e. The van der Waals surface area contributed by atoms with Crippen molar-refractivity contribution in [2.75, 3.05) is 0 Å². The SMILES string of the molecule is N#CC(C#N)=C(O)c1ccc(O)cc1. The van der Waals surface area contributed by atoms with Gasteiger partial charge in [-0.05, 0) is 24.3 Å². The van der Waals surface area contributed by atoms with Crippen LogP contribution in [0.4, 0.5) is 0 Å². The molecule has 0 aliphatic heterocycles. The molecule has 0 aromatic heterocycles. The van der Waals surface area contributed by atoms with Gasteiger partial charge in [0.2, 0.25) is 0 Å². The van der Waals surface area contributed by atoms with Gasteiger partial charge in [-0.15, -0.1) is 0 Å². The number of hydrogen-bond acceptors (Lipinski definition) is 4. The summed E-state index contributed by atoms with van der Waals surface area (Å²) in [6.07, 6.45) is 0. The average molecular weight is 186 g/mol. The summed E-state index contributed by atoms with van der Waals surface area (Å²) in [5, 5.41) is 35.3. The van der Waals surface area contributed by atoms with Crippen molar-refractivity contribution in [1.82, 2.24) is 0 Å². The Kier molecular flexibility index (Phi) is 2.73. The fraction of sp³-hybridized carbons (Fsp3) is 0. The van der Waals surface area contributed by atoms with E-state index in [0.717, 1.165) is 0 Å². The molecule has 0 bridgehead atoms. The van der Waals surface area contributed by atoms with E-state index in [1.165, 1.54) is 24.3 Å². The van der Waals surface area contributed by atoms with E-state index in [1.807, 2.05) is 0 Å². The van der Waals surface area contributed by atoms with Crippen molar-refractivity contribution < 1.29 is 10.2 Å². The normalized spacial score (nSPS) is 8.43. The van der Waals surface area contributed by atoms with Gasteiger partial charge in [0.25, 0.3) is 0 Å². The third-order valence-electron chi connectivity index (χ3n) is 1.60. The molecule has 0 fully saturated rings. The van der Waals surface area contributed by atoms with Crippen molar-refractivity contribution >= 4 is 5.76 Å². The molecule has 4 heteroatoms. The van der Waals surface area contributed by atoms with Crippen molar-refractivity contribution in [1.29, 1.82) is 10.5 Å². The van der Waals surface area contributed by atoms with Crippen molar-refractivity contribution in [3.8, 4) is 17.9 Å². The first-order valence-electron chi connectivity index (χ1n) is 3.72. The molecule has 1 rings (SSSR count). The van der Waals surface area contributed by atoms with Crippen LogP contribution in [0.2, 0.25) is 0 Å². The van der Waals surface area contributed by atoms with E-state index >= 15 is 0 Å². The highest BCUT2D eigenvalue weighted by atomic mass is 16.3. The zero-order valence-electron chi connectivity index (χ0n) is 7.10. The molecule has 0 aliphatic carbocycles. The number of aliphatic hydroxyl groups excluding tert-OH is 1. The van der Waals surface area contributed by atoms with Crippen LogP contribution in [-0.2, 0) is 0 Å². The Hall–Kier alpha value is -2.46. The van der Waals surface area contributed by atoms with Gasteiger partial charge in [-0.1, -0.05) is 0 Å². The highest BCUT2D eigenvalue weighted by Crippen LogP contribution is 2.18. The van der Waals surface area contributed by atoms with Crippen LogP contribution in [0, 0.1) is 22.7 Å². The molecule has 1 aromatic carbocycles. The lowest BCUT2D eigenvalue weighted by molar-refractivity contribution is 0.474. The summed E-state index contributed by atoms with van der Waals surface area (Å²) in [5.41, 5.74) is -0.0309. The van der Waals surface area contributed by atoms with Crippen LogP contribution in [0.5, 0.6) is 5.75 Å². The minimum Gasteiger partial charge on any atom is -0.508 e. The summed E-state index contributed by atoms with van der Waals surface area (Å²) in [6.45, 7) is 0. The van der Waals surface area contributed by atoms with Crippen LogP contribution in [0.15, 0.2) is 29.8 Å². The predicted octanol–water partition coefficient (Wildman–Crippen LogP) is 1.71. The van der Waals surface area contributed by atoms with E-state index in [-0.39, 0.29) is 17.1 Å². The van der Waals surface area contributed by atoms with E-state index in [1.54, 1.807) is 12.1 Å². The lowest BCUT2D eigenvalue weighted by Gasteiger charge is -1.99. The first-order valence-corrected chi connectivity index (χ1v) is 3.72. The van der Waals surface area contributed by atoms with Gasteiger partial charge in [-0.25, -0.2) is 0 Å². The quantitative estimate of drug-likeness (QED) is 0.516. The molecule has 0 heterocycles. The van der Waals surface area contributed by atoms with Gasteiger partial charge in [0.05, 0.1) is 0 Å². The van der Waals surface area contributed by atoms with E-state index in [0.29, 0.717) is 5.56 Å². The van der Waals surface area contributed by atoms with E-state index in [9.17, 15) is 5.11 Å². The molecule has 4 nitrogen and oxygen atoms in total. The molecule has 0 saturated carbocycles. The van der Waals surface area contributed by atoms with Gasteiger partial charge in [0.15, 0.2) is 11.3 Å². The lowest BCUT2D eigenvalue weighted by Crippen LogP contribution is -1.86. The Labute approximate surface area is 80.6 Å². The molecular weight excluding hydrogens is 180 g/mol. The number of benzene rings is 1. The molecule has 0 spiro atoms. The molecule has 0 atom stereocenters. The number of phenols is 1. The maximum absolute atomic E-state index is 9.42. The predicted molar refractivity (Wildman–Crippen MR) is 48.9 cm³/mol. The molecule has 0 saturated heterocycles. The van der Waals surface area contributed by atoms with Crippen LogP contribution in [0.3, 0.4) is 0 Å². The van der Waals surface area contributed by atoms with Gasteiger partial charge >= 0.3 is 0 Å². The van der Waals surface area contributed by atoms with Gasteiger partial charge in [-0.2, -0.15) is 10.5 Å². The first-order chi connectivity index (χ1) is 6.69. The van der Waals surface area contributed by atoms with Crippen LogP contribution < -0.4 is 0 Å². The van der Waals surface area contributed by atoms with Crippen molar-refractivity contribution in [2.45, 2.75) is 0 Å². The Morgan fingerprint density at radius 1 is 1.07 bits per heavy atom. The second-order valence-corrected chi connectivity index (χ2v) is 2.49. The topological polar surface area (TPSA) is 88.0 Å². The minimum absolute atomic E-state index is 0.0528. The molecule has 0 radical (unpaired) electrons. The first kappa shape index (κ1) is 9.63. The summed E-state index contributed by atoms with van der Waals surface area (Å²) in [6, 6.07) is 8.69. The van der Waals surface area contributed by atoms with Gasteiger partial charge < -0.3 is 10.2 Å². The molecule has 0 unspecified atom stereocenters. The summed E-state index contributed by atoms with van der Waals surface area (Å²) >= 11 is 0. The molecular formula is C10H6N2O2. The Morgan fingerprint density at radius 3 is 2.00 bits per heavy atom. The summed E-state index contributed by atoms with van der Waals surface area (Å²) < 4.78 is 0. The third-order valence-corrected chi connectivity index (χ3v) is 1.60. The monoisotopic (exact) mass is 186 g/mol. The van der Waals surface area contributed by atoms with Crippen LogP contribution >= 0.6 is 0 Å². The Balaban J connectivity index is 3.21. The van der Waals surface area contributed by atoms with E-state index in [2.05, 4.69) is 0 Å². The molecule has 68 valence electrons. The van der Waals surface area contributed by atoms with Crippen molar-refractivity contribution in [3.63, 3.8) is 0 Å². The smallest absolute Gasteiger partial charge is 0.171 e. The number of aliphatic hydroxyl groups is 1. The van der Waals surface area contributed by atoms with Crippen molar-refractivity contribution in [3.05, 3.63) is 35.4 Å². The standard InChI is InChI=1S/C10H6N2O2/c11-5-8(6-12)10(14)7-1-3-9(13)4-2-7/h1-4,13-14H. The average Bonchev–Trinajstić information content (AvgIpc) is 2.20. The highest BCUT2D eigenvalue weighted by molar-refractivity contribution is 5.69. The summed E-state index contributed by atoms with van der Waals surface area (Å²) in [7, 11) is 0. The number of allylic oxidation sites excluding steroid dienone is 1. The van der Waals surface area contributed by atoms with Crippen LogP contribution in [-0.4, -0.2) is 10.2 Å². The van der Waals surface area contributed by atoms with Gasteiger partial charge in [-0.3, -0.25) is 0 Å². The Morgan fingerprint density at radius 2 is 1.57 bits per heavy atom. The lowest BCUT2D eigenvalue weighted by atomic mass is 10.1. The maximum atomic E-state index is 9.42. The largest absolute Gasteiger partial charge is 0.508 e. The molecule has 0 aliphatic rings. The van der Waals surface area contributed by atoms with Crippen LogP contribution in [0.25, 0.3) is 5.76 Å². The number of rotatable bonds is 1. The fourth-order valence-electron chi connectivity index (χ4n) is 0.895. The number of nitrogens with zero attached hydrogens (tertiary/aromatic N) is 2. The zero-order valence-corrected chi connectivity index (χ0v) is 7.10. The number of hydrogen-bond donors (Lipinski definition) is 2. The summed E-state index contributed by atoms with van der Waals surface area (Å²) in [4.78, 5) is 0. The highest BCUT2D eigenvalue weighted by Gasteiger charge is 2.06. The third kappa shape index (κ3) is 1.82. The van der Waals surface area contributed by atoms with E-state index < -0.39 is 0 Å². The Bertz CT molecular complexity index is 430. The minimum atomic E-state index is -0.380. The zero-order chi connectivity index (χ0) is 10.6. The molecule has 0 amide bonds. The number of aromatic hydroxyl groups is 1. The second-order valence-electron chi connectivity index (χ2n) is 2.49. The number of phenolic OH excluding ortho intramolecular Hbond substituents is 1. The second kappa shape index (κ2) is 3.97.